The Labute approximate surface area is 142 Å². The highest BCUT2D eigenvalue weighted by atomic mass is 16.2. The van der Waals surface area contributed by atoms with Crippen LogP contribution in [0.3, 0.4) is 0 Å². The van der Waals surface area contributed by atoms with Gasteiger partial charge in [-0.15, -0.1) is 0 Å². The quantitative estimate of drug-likeness (QED) is 0.678. The van der Waals surface area contributed by atoms with Crippen molar-refractivity contribution in [1.29, 1.82) is 0 Å². The van der Waals surface area contributed by atoms with Crippen LogP contribution < -0.4 is 4.90 Å². The SMILES string of the molecule is O=C1CCc2cc(-c3ccccc3)ccc2N1Cc1ccccc1. The molecule has 0 saturated heterocycles. The number of amides is 1. The summed E-state index contributed by atoms with van der Waals surface area (Å²) in [5, 5.41) is 0. The van der Waals surface area contributed by atoms with E-state index in [1.54, 1.807) is 0 Å². The van der Waals surface area contributed by atoms with Crippen LogP contribution in [0, 0.1) is 0 Å². The molecule has 1 amide bonds. The largest absolute Gasteiger partial charge is 0.308 e. The Bertz CT molecular complexity index is 856. The second-order valence-electron chi connectivity index (χ2n) is 6.17. The molecular formula is C22H19NO. The van der Waals surface area contributed by atoms with Gasteiger partial charge in [0, 0.05) is 12.1 Å². The molecule has 2 nitrogen and oxygen atoms in total. The van der Waals surface area contributed by atoms with Crippen molar-refractivity contribution >= 4 is 11.6 Å². The van der Waals surface area contributed by atoms with E-state index in [9.17, 15) is 4.79 Å². The Hall–Kier alpha value is -2.87. The highest BCUT2D eigenvalue weighted by Gasteiger charge is 2.24. The maximum absolute atomic E-state index is 12.4. The molecule has 1 heterocycles. The van der Waals surface area contributed by atoms with Crippen LogP contribution in [0.25, 0.3) is 11.1 Å². The van der Waals surface area contributed by atoms with Gasteiger partial charge in [0.2, 0.25) is 5.91 Å². The Kier molecular flexibility index (Phi) is 3.87. The predicted molar refractivity (Wildman–Crippen MR) is 97.8 cm³/mol. The van der Waals surface area contributed by atoms with Gasteiger partial charge in [-0.25, -0.2) is 0 Å². The molecule has 24 heavy (non-hydrogen) atoms. The van der Waals surface area contributed by atoms with E-state index in [1.165, 1.54) is 16.7 Å². The maximum Gasteiger partial charge on any atom is 0.227 e. The average molecular weight is 313 g/mol. The number of carbonyl (C=O) groups is 1. The van der Waals surface area contributed by atoms with Crippen molar-refractivity contribution in [3.05, 3.63) is 90.0 Å². The second-order valence-corrected chi connectivity index (χ2v) is 6.17. The van der Waals surface area contributed by atoms with Crippen molar-refractivity contribution in [2.75, 3.05) is 4.90 Å². The maximum atomic E-state index is 12.4. The molecule has 0 saturated carbocycles. The number of hydrogen-bond acceptors (Lipinski definition) is 1. The minimum atomic E-state index is 0.207. The molecule has 3 aromatic carbocycles. The van der Waals surface area contributed by atoms with Crippen molar-refractivity contribution in [1.82, 2.24) is 0 Å². The number of rotatable bonds is 3. The topological polar surface area (TPSA) is 20.3 Å². The number of benzene rings is 3. The van der Waals surface area contributed by atoms with Crippen LogP contribution in [0.2, 0.25) is 0 Å². The van der Waals surface area contributed by atoms with Crippen LogP contribution in [-0.4, -0.2) is 5.91 Å². The average Bonchev–Trinajstić information content (AvgIpc) is 2.65. The summed E-state index contributed by atoms with van der Waals surface area (Å²) in [4.78, 5) is 14.4. The Morgan fingerprint density at radius 3 is 2.21 bits per heavy atom. The molecule has 0 unspecified atom stereocenters. The molecule has 0 fully saturated rings. The van der Waals surface area contributed by atoms with Gasteiger partial charge >= 0.3 is 0 Å². The van der Waals surface area contributed by atoms with Gasteiger partial charge in [-0.1, -0.05) is 66.7 Å². The fourth-order valence-electron chi connectivity index (χ4n) is 3.31. The standard InChI is InChI=1S/C22H19NO/c24-22-14-12-20-15-19(18-9-5-2-6-10-18)11-13-21(20)23(22)16-17-7-3-1-4-8-17/h1-11,13,15H,12,14,16H2. The van der Waals surface area contributed by atoms with Crippen LogP contribution in [0.1, 0.15) is 17.5 Å². The molecule has 1 aliphatic rings. The zero-order valence-electron chi connectivity index (χ0n) is 13.5. The highest BCUT2D eigenvalue weighted by Crippen LogP contribution is 2.33. The molecule has 2 heteroatoms. The summed E-state index contributed by atoms with van der Waals surface area (Å²) in [5.41, 5.74) is 5.89. The van der Waals surface area contributed by atoms with E-state index in [2.05, 4.69) is 54.6 Å². The lowest BCUT2D eigenvalue weighted by atomic mass is 9.95. The molecule has 118 valence electrons. The fourth-order valence-corrected chi connectivity index (χ4v) is 3.31. The van der Waals surface area contributed by atoms with E-state index in [0.717, 1.165) is 17.7 Å². The van der Waals surface area contributed by atoms with E-state index in [0.29, 0.717) is 13.0 Å². The van der Waals surface area contributed by atoms with Gasteiger partial charge in [0.25, 0.3) is 0 Å². The van der Waals surface area contributed by atoms with Crippen molar-refractivity contribution in [2.24, 2.45) is 0 Å². The number of fused-ring (bicyclic) bond motifs is 1. The number of anilines is 1. The van der Waals surface area contributed by atoms with Crippen molar-refractivity contribution < 1.29 is 4.79 Å². The second kappa shape index (κ2) is 6.32. The first-order chi connectivity index (χ1) is 11.8. The smallest absolute Gasteiger partial charge is 0.227 e. The van der Waals surface area contributed by atoms with Crippen molar-refractivity contribution in [2.45, 2.75) is 19.4 Å². The third-order valence-corrected chi connectivity index (χ3v) is 4.57. The third kappa shape index (κ3) is 2.83. The van der Waals surface area contributed by atoms with Crippen LogP contribution in [0.4, 0.5) is 5.69 Å². The first kappa shape index (κ1) is 14.7. The zero-order chi connectivity index (χ0) is 16.4. The minimum absolute atomic E-state index is 0.207. The van der Waals surface area contributed by atoms with Gasteiger partial charge in [0.1, 0.15) is 0 Å². The number of hydrogen-bond donors (Lipinski definition) is 0. The van der Waals surface area contributed by atoms with Crippen LogP contribution in [0.15, 0.2) is 78.9 Å². The van der Waals surface area contributed by atoms with Gasteiger partial charge in [-0.05, 0) is 40.8 Å². The minimum Gasteiger partial charge on any atom is -0.308 e. The van der Waals surface area contributed by atoms with Gasteiger partial charge in [-0.3, -0.25) is 4.79 Å². The van der Waals surface area contributed by atoms with E-state index < -0.39 is 0 Å². The lowest BCUT2D eigenvalue weighted by Crippen LogP contribution is -2.34. The third-order valence-electron chi connectivity index (χ3n) is 4.57. The van der Waals surface area contributed by atoms with Crippen LogP contribution >= 0.6 is 0 Å². The van der Waals surface area contributed by atoms with E-state index in [4.69, 9.17) is 0 Å². The number of aryl methyl sites for hydroxylation is 1. The van der Waals surface area contributed by atoms with E-state index in [1.807, 2.05) is 29.2 Å². The molecule has 1 aliphatic heterocycles. The van der Waals surface area contributed by atoms with Gasteiger partial charge in [-0.2, -0.15) is 0 Å². The molecule has 0 bridgehead atoms. The first-order valence-corrected chi connectivity index (χ1v) is 8.34. The Morgan fingerprint density at radius 2 is 1.46 bits per heavy atom. The fraction of sp³-hybridized carbons (Fsp3) is 0.136. The zero-order valence-corrected chi connectivity index (χ0v) is 13.5. The predicted octanol–water partition coefficient (Wildman–Crippen LogP) is 4.83. The lowest BCUT2D eigenvalue weighted by Gasteiger charge is -2.30. The summed E-state index contributed by atoms with van der Waals surface area (Å²) >= 11 is 0. The molecule has 4 rings (SSSR count). The molecule has 0 atom stereocenters. The van der Waals surface area contributed by atoms with Crippen molar-refractivity contribution in [3.63, 3.8) is 0 Å². The lowest BCUT2D eigenvalue weighted by molar-refractivity contribution is -0.119. The molecule has 0 spiro atoms. The normalized spacial score (nSPS) is 13.7. The summed E-state index contributed by atoms with van der Waals surface area (Å²) < 4.78 is 0. The van der Waals surface area contributed by atoms with Crippen molar-refractivity contribution in [3.8, 4) is 11.1 Å². The summed E-state index contributed by atoms with van der Waals surface area (Å²) in [6, 6.07) is 27.0. The van der Waals surface area contributed by atoms with Crippen LogP contribution in [0.5, 0.6) is 0 Å². The van der Waals surface area contributed by atoms with Gasteiger partial charge < -0.3 is 4.90 Å². The number of carbonyl (C=O) groups excluding carboxylic acids is 1. The summed E-state index contributed by atoms with van der Waals surface area (Å²) in [6.07, 6.45) is 1.40. The van der Waals surface area contributed by atoms with Gasteiger partial charge in [0.15, 0.2) is 0 Å². The molecule has 0 N–H and O–H groups in total. The monoisotopic (exact) mass is 313 g/mol. The Balaban J connectivity index is 1.69. The molecule has 0 aromatic heterocycles. The highest BCUT2D eigenvalue weighted by molar-refractivity contribution is 5.96. The van der Waals surface area contributed by atoms with E-state index in [-0.39, 0.29) is 5.91 Å². The summed E-state index contributed by atoms with van der Waals surface area (Å²) in [7, 11) is 0. The van der Waals surface area contributed by atoms with Gasteiger partial charge in [0.05, 0.1) is 6.54 Å². The summed E-state index contributed by atoms with van der Waals surface area (Å²) in [5.74, 6) is 0.207. The summed E-state index contributed by atoms with van der Waals surface area (Å²) in [6.45, 7) is 0.636. The number of nitrogens with zero attached hydrogens (tertiary/aromatic N) is 1. The Morgan fingerprint density at radius 1 is 0.750 bits per heavy atom. The molecule has 0 aliphatic carbocycles. The van der Waals surface area contributed by atoms with Crippen LogP contribution in [-0.2, 0) is 17.8 Å². The molecule has 0 radical (unpaired) electrons. The molecule has 3 aromatic rings. The first-order valence-electron chi connectivity index (χ1n) is 8.34. The molecular weight excluding hydrogens is 294 g/mol. The van der Waals surface area contributed by atoms with E-state index >= 15 is 0 Å².